The topological polar surface area (TPSA) is 17.8 Å². The number of hydrogen-bond donors (Lipinski definition) is 0. The van der Waals surface area contributed by atoms with Crippen LogP contribution in [0.25, 0.3) is 11.0 Å². The van der Waals surface area contributed by atoms with E-state index in [0.717, 1.165) is 18.5 Å². The second-order valence-corrected chi connectivity index (χ2v) is 5.97. The third-order valence-corrected chi connectivity index (χ3v) is 4.32. The second-order valence-electron chi connectivity index (χ2n) is 5.97. The van der Waals surface area contributed by atoms with Gasteiger partial charge in [-0.15, -0.1) is 0 Å². The SMILES string of the molecule is c1ccc(CCCn2c(C3CC3)nc3ccccc32)cc1. The monoisotopic (exact) mass is 276 g/mol. The van der Waals surface area contributed by atoms with Crippen molar-refractivity contribution in [2.75, 3.05) is 0 Å². The number of rotatable bonds is 5. The standard InChI is InChI=1S/C19H20N2/c1-2-7-15(8-3-1)9-6-14-21-18-11-5-4-10-17(18)20-19(21)16-12-13-16/h1-5,7-8,10-11,16H,6,9,12-14H2. The van der Waals surface area contributed by atoms with Crippen molar-refractivity contribution in [2.24, 2.45) is 0 Å². The van der Waals surface area contributed by atoms with E-state index in [9.17, 15) is 0 Å². The van der Waals surface area contributed by atoms with Crippen LogP contribution in [0.5, 0.6) is 0 Å². The lowest BCUT2D eigenvalue weighted by Crippen LogP contribution is -2.04. The predicted octanol–water partition coefficient (Wildman–Crippen LogP) is 4.55. The number of aromatic nitrogens is 2. The molecule has 0 saturated heterocycles. The van der Waals surface area contributed by atoms with E-state index in [0.29, 0.717) is 5.92 Å². The number of fused-ring (bicyclic) bond motifs is 1. The molecule has 4 rings (SSSR count). The number of para-hydroxylation sites is 2. The molecule has 0 bridgehead atoms. The Morgan fingerprint density at radius 2 is 1.71 bits per heavy atom. The minimum atomic E-state index is 0.703. The molecule has 21 heavy (non-hydrogen) atoms. The van der Waals surface area contributed by atoms with Crippen LogP contribution < -0.4 is 0 Å². The Kier molecular flexibility index (Phi) is 3.23. The number of hydrogen-bond acceptors (Lipinski definition) is 1. The Bertz CT molecular complexity index is 739. The van der Waals surface area contributed by atoms with Gasteiger partial charge in [-0.1, -0.05) is 42.5 Å². The number of aryl methyl sites for hydroxylation is 2. The average Bonchev–Trinajstić information content (AvgIpc) is 3.31. The van der Waals surface area contributed by atoms with Gasteiger partial charge in [-0.25, -0.2) is 4.98 Å². The predicted molar refractivity (Wildman–Crippen MR) is 86.5 cm³/mol. The molecule has 1 saturated carbocycles. The highest BCUT2D eigenvalue weighted by atomic mass is 15.1. The molecule has 3 aromatic rings. The highest BCUT2D eigenvalue weighted by molar-refractivity contribution is 5.76. The van der Waals surface area contributed by atoms with Crippen LogP contribution in [0.3, 0.4) is 0 Å². The first kappa shape index (κ1) is 12.6. The van der Waals surface area contributed by atoms with Crippen LogP contribution in [0.15, 0.2) is 54.6 Å². The van der Waals surface area contributed by atoms with Crippen LogP contribution in [-0.4, -0.2) is 9.55 Å². The summed E-state index contributed by atoms with van der Waals surface area (Å²) in [6, 6.07) is 19.3. The third-order valence-electron chi connectivity index (χ3n) is 4.32. The Morgan fingerprint density at radius 1 is 0.952 bits per heavy atom. The zero-order chi connectivity index (χ0) is 14.1. The number of nitrogens with zero attached hydrogens (tertiary/aromatic N) is 2. The van der Waals surface area contributed by atoms with Gasteiger partial charge in [0.15, 0.2) is 0 Å². The molecule has 106 valence electrons. The Balaban J connectivity index is 1.56. The first-order valence-electron chi connectivity index (χ1n) is 7.91. The molecule has 0 N–H and O–H groups in total. The summed E-state index contributed by atoms with van der Waals surface area (Å²) in [6.07, 6.45) is 4.92. The molecule has 2 aromatic carbocycles. The van der Waals surface area contributed by atoms with Crippen molar-refractivity contribution in [3.05, 3.63) is 66.0 Å². The molecule has 0 aliphatic heterocycles. The van der Waals surface area contributed by atoms with Crippen molar-refractivity contribution in [2.45, 2.75) is 38.1 Å². The maximum Gasteiger partial charge on any atom is 0.112 e. The maximum atomic E-state index is 4.86. The van der Waals surface area contributed by atoms with Crippen LogP contribution in [0.1, 0.15) is 36.6 Å². The maximum absolute atomic E-state index is 4.86. The van der Waals surface area contributed by atoms with Gasteiger partial charge in [0.05, 0.1) is 11.0 Å². The van der Waals surface area contributed by atoms with Gasteiger partial charge >= 0.3 is 0 Å². The summed E-state index contributed by atoms with van der Waals surface area (Å²) >= 11 is 0. The summed E-state index contributed by atoms with van der Waals surface area (Å²) < 4.78 is 2.45. The smallest absolute Gasteiger partial charge is 0.112 e. The molecule has 0 atom stereocenters. The van der Waals surface area contributed by atoms with E-state index in [4.69, 9.17) is 4.98 Å². The van der Waals surface area contributed by atoms with E-state index >= 15 is 0 Å². The van der Waals surface area contributed by atoms with Crippen LogP contribution >= 0.6 is 0 Å². The quantitative estimate of drug-likeness (QED) is 0.668. The molecule has 2 heteroatoms. The summed E-state index contributed by atoms with van der Waals surface area (Å²) in [5.74, 6) is 2.01. The molecule has 0 unspecified atom stereocenters. The molecule has 1 heterocycles. The molecule has 0 spiro atoms. The van der Waals surface area contributed by atoms with Gasteiger partial charge in [0.1, 0.15) is 5.82 Å². The van der Waals surface area contributed by atoms with E-state index < -0.39 is 0 Å². The first-order chi connectivity index (χ1) is 10.4. The fraction of sp³-hybridized carbons (Fsp3) is 0.316. The van der Waals surface area contributed by atoms with Crippen LogP contribution in [0, 0.1) is 0 Å². The van der Waals surface area contributed by atoms with Gasteiger partial charge in [-0.3, -0.25) is 0 Å². The fourth-order valence-corrected chi connectivity index (χ4v) is 3.07. The van der Waals surface area contributed by atoms with Crippen LogP contribution in [-0.2, 0) is 13.0 Å². The lowest BCUT2D eigenvalue weighted by molar-refractivity contribution is 0.626. The summed E-state index contributed by atoms with van der Waals surface area (Å²) in [5.41, 5.74) is 3.88. The number of imidazole rings is 1. The van der Waals surface area contributed by atoms with Gasteiger partial charge < -0.3 is 4.57 Å². The lowest BCUT2D eigenvalue weighted by atomic mass is 10.1. The van der Waals surface area contributed by atoms with Crippen molar-refractivity contribution >= 4 is 11.0 Å². The normalized spacial score (nSPS) is 14.7. The molecule has 0 amide bonds. The zero-order valence-electron chi connectivity index (χ0n) is 12.2. The minimum Gasteiger partial charge on any atom is -0.328 e. The fourth-order valence-electron chi connectivity index (χ4n) is 3.07. The Hall–Kier alpha value is -2.09. The lowest BCUT2D eigenvalue weighted by Gasteiger charge is -2.08. The largest absolute Gasteiger partial charge is 0.328 e. The highest BCUT2D eigenvalue weighted by Crippen LogP contribution is 2.40. The molecule has 1 fully saturated rings. The van der Waals surface area contributed by atoms with Crippen LogP contribution in [0.2, 0.25) is 0 Å². The molecule has 1 aliphatic rings. The number of benzene rings is 2. The summed E-state index contributed by atoms with van der Waals surface area (Å²) in [5, 5.41) is 0. The van der Waals surface area contributed by atoms with E-state index in [1.807, 2.05) is 0 Å². The molecule has 1 aromatic heterocycles. The van der Waals surface area contributed by atoms with E-state index in [2.05, 4.69) is 59.2 Å². The Labute approximate surface area is 125 Å². The van der Waals surface area contributed by atoms with E-state index in [1.165, 1.54) is 36.2 Å². The minimum absolute atomic E-state index is 0.703. The van der Waals surface area contributed by atoms with Gasteiger partial charge in [0.2, 0.25) is 0 Å². The van der Waals surface area contributed by atoms with Crippen molar-refractivity contribution < 1.29 is 0 Å². The van der Waals surface area contributed by atoms with Crippen molar-refractivity contribution in [1.29, 1.82) is 0 Å². The van der Waals surface area contributed by atoms with Gasteiger partial charge in [0, 0.05) is 12.5 Å². The van der Waals surface area contributed by atoms with Crippen LogP contribution in [0.4, 0.5) is 0 Å². The average molecular weight is 276 g/mol. The molecular formula is C19H20N2. The third kappa shape index (κ3) is 2.58. The van der Waals surface area contributed by atoms with Crippen molar-refractivity contribution in [3.8, 4) is 0 Å². The van der Waals surface area contributed by atoms with Gasteiger partial charge in [-0.05, 0) is 43.4 Å². The van der Waals surface area contributed by atoms with Gasteiger partial charge in [-0.2, -0.15) is 0 Å². The van der Waals surface area contributed by atoms with Crippen molar-refractivity contribution in [3.63, 3.8) is 0 Å². The zero-order valence-corrected chi connectivity index (χ0v) is 12.2. The highest BCUT2D eigenvalue weighted by Gasteiger charge is 2.29. The first-order valence-corrected chi connectivity index (χ1v) is 7.91. The summed E-state index contributed by atoms with van der Waals surface area (Å²) in [6.45, 7) is 1.07. The van der Waals surface area contributed by atoms with E-state index in [-0.39, 0.29) is 0 Å². The molecule has 2 nitrogen and oxygen atoms in total. The summed E-state index contributed by atoms with van der Waals surface area (Å²) in [7, 11) is 0. The molecular weight excluding hydrogens is 256 g/mol. The van der Waals surface area contributed by atoms with E-state index in [1.54, 1.807) is 0 Å². The molecule has 1 aliphatic carbocycles. The summed E-state index contributed by atoms with van der Waals surface area (Å²) in [4.78, 5) is 4.86. The Morgan fingerprint density at radius 3 is 2.52 bits per heavy atom. The van der Waals surface area contributed by atoms with Gasteiger partial charge in [0.25, 0.3) is 0 Å². The van der Waals surface area contributed by atoms with Crippen molar-refractivity contribution in [1.82, 2.24) is 9.55 Å². The second kappa shape index (κ2) is 5.36. The molecule has 0 radical (unpaired) electrons.